The Balaban J connectivity index is 1.95. The molecule has 1 fully saturated rings. The number of hydrogen-bond acceptors (Lipinski definition) is 2. The summed E-state index contributed by atoms with van der Waals surface area (Å²) in [5, 5.41) is 0. The van der Waals surface area contributed by atoms with Crippen molar-refractivity contribution in [3.05, 3.63) is 35.6 Å². The van der Waals surface area contributed by atoms with Crippen LogP contribution in [0.2, 0.25) is 0 Å². The second-order valence-corrected chi connectivity index (χ2v) is 6.28. The molecular weight excluding hydrogens is 267 g/mol. The average Bonchev–Trinajstić information content (AvgIpc) is 2.46. The molecule has 1 heterocycles. The van der Waals surface area contributed by atoms with Crippen molar-refractivity contribution in [3.8, 4) is 0 Å². The highest BCUT2D eigenvalue weighted by Crippen LogP contribution is 2.21. The van der Waals surface area contributed by atoms with Gasteiger partial charge in [0.2, 0.25) is 5.91 Å². The van der Waals surface area contributed by atoms with Gasteiger partial charge in [0, 0.05) is 25.0 Å². The molecule has 3 nitrogen and oxygen atoms in total. The summed E-state index contributed by atoms with van der Waals surface area (Å²) in [5.74, 6) is 0.175. The van der Waals surface area contributed by atoms with Gasteiger partial charge in [-0.3, -0.25) is 4.79 Å². The molecule has 0 radical (unpaired) electrons. The van der Waals surface area contributed by atoms with Crippen LogP contribution in [-0.2, 0) is 11.2 Å². The molecule has 1 saturated heterocycles. The number of piperidine rings is 1. The summed E-state index contributed by atoms with van der Waals surface area (Å²) in [6, 6.07) is 6.61. The Kier molecular flexibility index (Phi) is 5.34. The van der Waals surface area contributed by atoms with E-state index in [9.17, 15) is 9.18 Å². The van der Waals surface area contributed by atoms with Gasteiger partial charge in [0.15, 0.2) is 0 Å². The SMILES string of the molecule is CC(Cc1cccc(F)c1)C(=O)N1CCCC(C(C)N)C1. The number of likely N-dealkylation sites (tertiary alicyclic amines) is 1. The Morgan fingerprint density at radius 2 is 2.24 bits per heavy atom. The monoisotopic (exact) mass is 292 g/mol. The molecule has 0 aliphatic carbocycles. The molecule has 21 heavy (non-hydrogen) atoms. The van der Waals surface area contributed by atoms with Crippen molar-refractivity contribution in [1.82, 2.24) is 4.90 Å². The fourth-order valence-corrected chi connectivity index (χ4v) is 3.06. The van der Waals surface area contributed by atoms with Crippen LogP contribution in [0.25, 0.3) is 0 Å². The number of carbonyl (C=O) groups excluding carboxylic acids is 1. The van der Waals surface area contributed by atoms with Gasteiger partial charge in [-0.15, -0.1) is 0 Å². The van der Waals surface area contributed by atoms with Crippen molar-refractivity contribution in [3.63, 3.8) is 0 Å². The van der Waals surface area contributed by atoms with Crippen LogP contribution in [0.3, 0.4) is 0 Å². The number of amides is 1. The van der Waals surface area contributed by atoms with E-state index in [0.717, 1.165) is 31.5 Å². The molecule has 4 heteroatoms. The van der Waals surface area contributed by atoms with Gasteiger partial charge >= 0.3 is 0 Å². The predicted octanol–water partition coefficient (Wildman–Crippen LogP) is 2.59. The zero-order valence-corrected chi connectivity index (χ0v) is 12.9. The number of nitrogens with zero attached hydrogens (tertiary/aromatic N) is 1. The van der Waals surface area contributed by atoms with Gasteiger partial charge < -0.3 is 10.6 Å². The highest BCUT2D eigenvalue weighted by Gasteiger charge is 2.28. The van der Waals surface area contributed by atoms with Crippen molar-refractivity contribution in [2.24, 2.45) is 17.6 Å². The lowest BCUT2D eigenvalue weighted by molar-refractivity contribution is -0.136. The molecule has 3 atom stereocenters. The Bertz CT molecular complexity index is 489. The highest BCUT2D eigenvalue weighted by molar-refractivity contribution is 5.78. The number of rotatable bonds is 4. The van der Waals surface area contributed by atoms with Gasteiger partial charge in [0.1, 0.15) is 5.82 Å². The third-order valence-corrected chi connectivity index (χ3v) is 4.37. The molecule has 0 saturated carbocycles. The normalized spacial score (nSPS) is 21.9. The Labute approximate surface area is 126 Å². The van der Waals surface area contributed by atoms with Gasteiger partial charge in [-0.25, -0.2) is 4.39 Å². The van der Waals surface area contributed by atoms with E-state index in [2.05, 4.69) is 0 Å². The van der Waals surface area contributed by atoms with Gasteiger partial charge in [-0.1, -0.05) is 19.1 Å². The van der Waals surface area contributed by atoms with E-state index < -0.39 is 0 Å². The van der Waals surface area contributed by atoms with E-state index in [1.807, 2.05) is 24.8 Å². The molecule has 1 aromatic carbocycles. The molecule has 0 bridgehead atoms. The second kappa shape index (κ2) is 7.03. The number of carbonyl (C=O) groups is 1. The molecule has 0 spiro atoms. The lowest BCUT2D eigenvalue weighted by Gasteiger charge is -2.36. The van der Waals surface area contributed by atoms with E-state index in [1.165, 1.54) is 12.1 Å². The summed E-state index contributed by atoms with van der Waals surface area (Å²) in [7, 11) is 0. The van der Waals surface area contributed by atoms with Crippen molar-refractivity contribution in [2.45, 2.75) is 39.2 Å². The zero-order valence-electron chi connectivity index (χ0n) is 12.9. The molecule has 1 aliphatic heterocycles. The summed E-state index contributed by atoms with van der Waals surface area (Å²) in [4.78, 5) is 14.5. The highest BCUT2D eigenvalue weighted by atomic mass is 19.1. The first-order valence-electron chi connectivity index (χ1n) is 7.76. The molecule has 116 valence electrons. The summed E-state index contributed by atoms with van der Waals surface area (Å²) < 4.78 is 13.2. The number of benzene rings is 1. The lowest BCUT2D eigenvalue weighted by Crippen LogP contribution is -2.46. The summed E-state index contributed by atoms with van der Waals surface area (Å²) >= 11 is 0. The van der Waals surface area contributed by atoms with E-state index in [1.54, 1.807) is 6.07 Å². The number of halogens is 1. The van der Waals surface area contributed by atoms with Gasteiger partial charge in [0.05, 0.1) is 0 Å². The van der Waals surface area contributed by atoms with Crippen LogP contribution in [0.5, 0.6) is 0 Å². The van der Waals surface area contributed by atoms with E-state index >= 15 is 0 Å². The van der Waals surface area contributed by atoms with Gasteiger partial charge in [0.25, 0.3) is 0 Å². The first-order valence-corrected chi connectivity index (χ1v) is 7.76. The fourth-order valence-electron chi connectivity index (χ4n) is 3.06. The van der Waals surface area contributed by atoms with E-state index in [0.29, 0.717) is 12.3 Å². The molecule has 1 aliphatic rings. The largest absolute Gasteiger partial charge is 0.342 e. The zero-order chi connectivity index (χ0) is 15.4. The Morgan fingerprint density at radius 3 is 2.90 bits per heavy atom. The molecule has 2 rings (SSSR count). The minimum Gasteiger partial charge on any atom is -0.342 e. The smallest absolute Gasteiger partial charge is 0.225 e. The first kappa shape index (κ1) is 16.0. The topological polar surface area (TPSA) is 46.3 Å². The van der Waals surface area contributed by atoms with Crippen LogP contribution in [0.1, 0.15) is 32.3 Å². The van der Waals surface area contributed by atoms with Crippen molar-refractivity contribution < 1.29 is 9.18 Å². The second-order valence-electron chi connectivity index (χ2n) is 6.28. The summed E-state index contributed by atoms with van der Waals surface area (Å²) in [6.45, 7) is 5.50. The van der Waals surface area contributed by atoms with E-state index in [-0.39, 0.29) is 23.7 Å². The minimum absolute atomic E-state index is 0.124. The van der Waals surface area contributed by atoms with Gasteiger partial charge in [-0.05, 0) is 49.8 Å². The van der Waals surface area contributed by atoms with Crippen molar-refractivity contribution >= 4 is 5.91 Å². The Morgan fingerprint density at radius 1 is 1.48 bits per heavy atom. The minimum atomic E-state index is -0.248. The van der Waals surface area contributed by atoms with Gasteiger partial charge in [-0.2, -0.15) is 0 Å². The molecule has 1 aromatic rings. The third kappa shape index (κ3) is 4.27. The maximum atomic E-state index is 13.2. The van der Waals surface area contributed by atoms with Crippen LogP contribution in [0.4, 0.5) is 4.39 Å². The lowest BCUT2D eigenvalue weighted by atomic mass is 9.91. The quantitative estimate of drug-likeness (QED) is 0.927. The molecule has 1 amide bonds. The molecule has 3 unspecified atom stereocenters. The number of nitrogens with two attached hydrogens (primary N) is 1. The van der Waals surface area contributed by atoms with Crippen LogP contribution in [0, 0.1) is 17.7 Å². The summed E-state index contributed by atoms with van der Waals surface area (Å²) in [5.41, 5.74) is 6.84. The van der Waals surface area contributed by atoms with E-state index in [4.69, 9.17) is 5.73 Å². The maximum Gasteiger partial charge on any atom is 0.225 e. The van der Waals surface area contributed by atoms with Crippen LogP contribution in [0.15, 0.2) is 24.3 Å². The average molecular weight is 292 g/mol. The van der Waals surface area contributed by atoms with Crippen LogP contribution < -0.4 is 5.73 Å². The third-order valence-electron chi connectivity index (χ3n) is 4.37. The van der Waals surface area contributed by atoms with Crippen LogP contribution in [-0.4, -0.2) is 29.9 Å². The predicted molar refractivity (Wildman–Crippen MR) is 82.2 cm³/mol. The van der Waals surface area contributed by atoms with Crippen LogP contribution >= 0.6 is 0 Å². The molecular formula is C17H25FN2O. The summed E-state index contributed by atoms with van der Waals surface area (Å²) in [6.07, 6.45) is 2.69. The molecule has 0 aromatic heterocycles. The standard InChI is InChI=1S/C17H25FN2O/c1-12(9-14-5-3-7-16(18)10-14)17(21)20-8-4-6-15(11-20)13(2)19/h3,5,7,10,12-13,15H,4,6,8-9,11,19H2,1-2H3. The van der Waals surface area contributed by atoms with Crippen molar-refractivity contribution in [1.29, 1.82) is 0 Å². The maximum absolute atomic E-state index is 13.2. The van der Waals surface area contributed by atoms with Crippen molar-refractivity contribution in [2.75, 3.05) is 13.1 Å². The Hall–Kier alpha value is -1.42. The molecule has 2 N–H and O–H groups in total. The fraction of sp³-hybridized carbons (Fsp3) is 0.588. The number of hydrogen-bond donors (Lipinski definition) is 1. The first-order chi connectivity index (χ1) is 9.97.